The van der Waals surface area contributed by atoms with Crippen molar-refractivity contribution in [1.29, 1.82) is 0 Å². The van der Waals surface area contributed by atoms with Crippen LogP contribution in [0.4, 0.5) is 0 Å². The highest BCUT2D eigenvalue weighted by Crippen LogP contribution is 2.22. The lowest BCUT2D eigenvalue weighted by atomic mass is 10.3. The number of aromatic carboxylic acids is 1. The number of fused-ring (bicyclic) bond motifs is 1. The zero-order valence-corrected chi connectivity index (χ0v) is 9.32. The van der Waals surface area contributed by atoms with Crippen LogP contribution in [0, 0.1) is 0 Å². The lowest BCUT2D eigenvalue weighted by Gasteiger charge is -2.06. The summed E-state index contributed by atoms with van der Waals surface area (Å²) in [5.74, 6) is -0.989. The Morgan fingerprint density at radius 1 is 1.22 bits per heavy atom. The lowest BCUT2D eigenvalue weighted by molar-refractivity contribution is 0.0688. The molecule has 1 N–H and O–H groups in total. The molecule has 3 aromatic heterocycles. The molecule has 0 saturated heterocycles. The average molecular weight is 239 g/mol. The molecule has 88 valence electrons. The van der Waals surface area contributed by atoms with E-state index in [1.165, 1.54) is 0 Å². The van der Waals surface area contributed by atoms with E-state index in [-0.39, 0.29) is 5.69 Å². The minimum absolute atomic E-state index is 0.178. The zero-order chi connectivity index (χ0) is 12.5. The average Bonchev–Trinajstić information content (AvgIpc) is 2.79. The van der Waals surface area contributed by atoms with Crippen LogP contribution in [-0.4, -0.2) is 25.6 Å². The summed E-state index contributed by atoms with van der Waals surface area (Å²) in [6, 6.07) is 8.78. The van der Waals surface area contributed by atoms with Gasteiger partial charge in [0, 0.05) is 17.8 Å². The highest BCUT2D eigenvalue weighted by Gasteiger charge is 2.16. The third-order valence-corrected chi connectivity index (χ3v) is 2.69. The summed E-state index contributed by atoms with van der Waals surface area (Å²) < 4.78 is 1.59. The molecule has 0 bridgehead atoms. The first kappa shape index (κ1) is 10.5. The molecule has 0 aliphatic carbocycles. The van der Waals surface area contributed by atoms with Crippen molar-refractivity contribution in [3.63, 3.8) is 0 Å². The fourth-order valence-corrected chi connectivity index (χ4v) is 1.94. The molecule has 0 aliphatic heterocycles. The molecule has 0 fully saturated rings. The van der Waals surface area contributed by atoms with Gasteiger partial charge in [0.05, 0.1) is 11.9 Å². The van der Waals surface area contributed by atoms with Gasteiger partial charge in [-0.3, -0.25) is 9.55 Å². The van der Waals surface area contributed by atoms with Crippen molar-refractivity contribution in [2.45, 2.75) is 0 Å². The number of hydrogen-bond acceptors (Lipinski definition) is 3. The standard InChI is InChI=1S/C13H9N3O2/c17-13(18)11-7-9-3-1-6-15-12(9)16(11)10-4-2-5-14-8-10/h1-8H,(H,17,18). The molecule has 5 heteroatoms. The molecular formula is C13H9N3O2. The summed E-state index contributed by atoms with van der Waals surface area (Å²) in [5, 5.41) is 10.0. The number of hydrogen-bond donors (Lipinski definition) is 1. The molecular weight excluding hydrogens is 230 g/mol. The van der Waals surface area contributed by atoms with E-state index in [1.54, 1.807) is 47.4 Å². The van der Waals surface area contributed by atoms with E-state index in [2.05, 4.69) is 9.97 Å². The van der Waals surface area contributed by atoms with Crippen LogP contribution in [0.1, 0.15) is 10.5 Å². The van der Waals surface area contributed by atoms with Crippen molar-refractivity contribution in [3.05, 3.63) is 54.6 Å². The maximum Gasteiger partial charge on any atom is 0.352 e. The van der Waals surface area contributed by atoms with Crippen molar-refractivity contribution in [2.75, 3.05) is 0 Å². The second kappa shape index (κ2) is 3.96. The quantitative estimate of drug-likeness (QED) is 0.743. The number of carboxylic acids is 1. The minimum Gasteiger partial charge on any atom is -0.477 e. The van der Waals surface area contributed by atoms with Crippen LogP contribution in [0.2, 0.25) is 0 Å². The Morgan fingerprint density at radius 3 is 2.78 bits per heavy atom. The molecule has 3 aromatic rings. The summed E-state index contributed by atoms with van der Waals surface area (Å²) >= 11 is 0. The molecule has 0 atom stereocenters. The largest absolute Gasteiger partial charge is 0.477 e. The van der Waals surface area contributed by atoms with Crippen LogP contribution in [0.15, 0.2) is 48.9 Å². The molecule has 0 saturated carbocycles. The molecule has 0 aromatic carbocycles. The molecule has 0 aliphatic rings. The second-order valence-electron chi connectivity index (χ2n) is 3.80. The van der Waals surface area contributed by atoms with Crippen LogP contribution >= 0.6 is 0 Å². The monoisotopic (exact) mass is 239 g/mol. The molecule has 3 heterocycles. The van der Waals surface area contributed by atoms with Gasteiger partial charge in [0.25, 0.3) is 0 Å². The number of carbonyl (C=O) groups is 1. The van der Waals surface area contributed by atoms with E-state index < -0.39 is 5.97 Å². The van der Waals surface area contributed by atoms with Gasteiger partial charge in [-0.15, -0.1) is 0 Å². The van der Waals surface area contributed by atoms with Crippen LogP contribution in [-0.2, 0) is 0 Å². The van der Waals surface area contributed by atoms with E-state index in [1.807, 2.05) is 6.07 Å². The van der Waals surface area contributed by atoms with Gasteiger partial charge in [-0.05, 0) is 30.3 Å². The first-order valence-corrected chi connectivity index (χ1v) is 5.37. The van der Waals surface area contributed by atoms with Crippen LogP contribution in [0.5, 0.6) is 0 Å². The van der Waals surface area contributed by atoms with Gasteiger partial charge >= 0.3 is 5.97 Å². The Balaban J connectivity index is 2.38. The van der Waals surface area contributed by atoms with Gasteiger partial charge in [-0.25, -0.2) is 9.78 Å². The second-order valence-corrected chi connectivity index (χ2v) is 3.80. The first-order chi connectivity index (χ1) is 8.77. The van der Waals surface area contributed by atoms with Crippen LogP contribution < -0.4 is 0 Å². The normalized spacial score (nSPS) is 10.7. The molecule has 0 spiro atoms. The van der Waals surface area contributed by atoms with Gasteiger partial charge in [0.1, 0.15) is 11.3 Å². The number of rotatable bonds is 2. The fourth-order valence-electron chi connectivity index (χ4n) is 1.94. The summed E-state index contributed by atoms with van der Waals surface area (Å²) in [7, 11) is 0. The minimum atomic E-state index is -0.989. The number of pyridine rings is 2. The van der Waals surface area contributed by atoms with Gasteiger partial charge < -0.3 is 5.11 Å². The van der Waals surface area contributed by atoms with Crippen molar-refractivity contribution >= 4 is 17.0 Å². The number of aromatic nitrogens is 3. The van der Waals surface area contributed by atoms with Gasteiger partial charge in [-0.1, -0.05) is 0 Å². The highest BCUT2D eigenvalue weighted by molar-refractivity contribution is 5.94. The lowest BCUT2D eigenvalue weighted by Crippen LogP contribution is -2.06. The molecule has 0 amide bonds. The van der Waals surface area contributed by atoms with Crippen molar-refractivity contribution in [3.8, 4) is 5.69 Å². The van der Waals surface area contributed by atoms with Gasteiger partial charge in [0.2, 0.25) is 0 Å². The maximum atomic E-state index is 11.3. The Labute approximate surface area is 102 Å². The predicted octanol–water partition coefficient (Wildman–Crippen LogP) is 2.12. The summed E-state index contributed by atoms with van der Waals surface area (Å²) in [5.41, 5.74) is 1.48. The molecule has 5 nitrogen and oxygen atoms in total. The third-order valence-electron chi connectivity index (χ3n) is 2.69. The fraction of sp³-hybridized carbons (Fsp3) is 0. The first-order valence-electron chi connectivity index (χ1n) is 5.37. The zero-order valence-electron chi connectivity index (χ0n) is 9.32. The van der Waals surface area contributed by atoms with Crippen molar-refractivity contribution in [1.82, 2.24) is 14.5 Å². The van der Waals surface area contributed by atoms with Gasteiger partial charge in [0.15, 0.2) is 0 Å². The van der Waals surface area contributed by atoms with E-state index in [4.69, 9.17) is 0 Å². The number of nitrogens with zero attached hydrogens (tertiary/aromatic N) is 3. The van der Waals surface area contributed by atoms with E-state index in [0.29, 0.717) is 11.3 Å². The van der Waals surface area contributed by atoms with E-state index in [9.17, 15) is 9.90 Å². The van der Waals surface area contributed by atoms with Gasteiger partial charge in [-0.2, -0.15) is 0 Å². The Bertz CT molecular complexity index is 719. The van der Waals surface area contributed by atoms with Crippen LogP contribution in [0.25, 0.3) is 16.7 Å². The topological polar surface area (TPSA) is 68.0 Å². The summed E-state index contributed by atoms with van der Waals surface area (Å²) in [6.07, 6.45) is 4.89. The highest BCUT2D eigenvalue weighted by atomic mass is 16.4. The predicted molar refractivity (Wildman–Crippen MR) is 65.8 cm³/mol. The third kappa shape index (κ3) is 1.53. The maximum absolute atomic E-state index is 11.3. The molecule has 0 radical (unpaired) electrons. The van der Waals surface area contributed by atoms with Crippen LogP contribution in [0.3, 0.4) is 0 Å². The van der Waals surface area contributed by atoms with E-state index in [0.717, 1.165) is 5.39 Å². The SMILES string of the molecule is O=C(O)c1cc2cccnc2n1-c1cccnc1. The van der Waals surface area contributed by atoms with Crippen molar-refractivity contribution < 1.29 is 9.90 Å². The summed E-state index contributed by atoms with van der Waals surface area (Å²) in [6.45, 7) is 0. The molecule has 0 unspecified atom stereocenters. The Morgan fingerprint density at radius 2 is 2.06 bits per heavy atom. The molecule has 3 rings (SSSR count). The number of carboxylic acid groups (broad SMARTS) is 1. The summed E-state index contributed by atoms with van der Waals surface area (Å²) in [4.78, 5) is 19.5. The Hall–Kier alpha value is -2.69. The molecule has 18 heavy (non-hydrogen) atoms. The van der Waals surface area contributed by atoms with E-state index >= 15 is 0 Å². The Kier molecular flexibility index (Phi) is 2.30. The van der Waals surface area contributed by atoms with Crippen molar-refractivity contribution in [2.24, 2.45) is 0 Å². The smallest absolute Gasteiger partial charge is 0.352 e.